The van der Waals surface area contributed by atoms with Gasteiger partial charge in [-0.15, -0.1) is 0 Å². The van der Waals surface area contributed by atoms with Crippen LogP contribution < -0.4 is 14.8 Å². The lowest BCUT2D eigenvalue weighted by Gasteiger charge is -2.12. The van der Waals surface area contributed by atoms with Crippen LogP contribution in [0.25, 0.3) is 0 Å². The van der Waals surface area contributed by atoms with Crippen LogP contribution in [-0.2, 0) is 14.3 Å². The third-order valence-corrected chi connectivity index (χ3v) is 3.42. The van der Waals surface area contributed by atoms with Crippen molar-refractivity contribution in [2.24, 2.45) is 11.8 Å². The van der Waals surface area contributed by atoms with Crippen LogP contribution in [0.2, 0.25) is 0 Å². The fraction of sp³-hybridized carbons (Fsp3) is 0.467. The number of anilines is 1. The molecule has 2 unspecified atom stereocenters. The van der Waals surface area contributed by atoms with Gasteiger partial charge in [-0.2, -0.15) is 0 Å². The van der Waals surface area contributed by atoms with E-state index in [0.717, 1.165) is 0 Å². The molecule has 1 aromatic carbocycles. The standard InChI is InChI=1S/C15H19NO6/c1-20-5-6-22-13-7-9(3-4-12(13)21-2)16-14(17)10-8-11(10)15(18)19/h3-4,7,10-11H,5-6,8H2,1-2H3,(H,16,17)(H,18,19). The van der Waals surface area contributed by atoms with E-state index in [0.29, 0.717) is 36.8 Å². The molecule has 1 fully saturated rings. The number of amides is 1. The summed E-state index contributed by atoms with van der Waals surface area (Å²) in [4.78, 5) is 22.7. The molecule has 7 heteroatoms. The summed E-state index contributed by atoms with van der Waals surface area (Å²) in [6, 6.07) is 5.00. The Hall–Kier alpha value is -2.28. The van der Waals surface area contributed by atoms with Gasteiger partial charge in [-0.05, 0) is 18.6 Å². The van der Waals surface area contributed by atoms with Crippen LogP contribution in [0.5, 0.6) is 11.5 Å². The fourth-order valence-corrected chi connectivity index (χ4v) is 2.09. The predicted molar refractivity (Wildman–Crippen MR) is 78.2 cm³/mol. The quantitative estimate of drug-likeness (QED) is 0.705. The Balaban J connectivity index is 2.00. The Labute approximate surface area is 128 Å². The van der Waals surface area contributed by atoms with E-state index in [2.05, 4.69) is 5.32 Å². The van der Waals surface area contributed by atoms with E-state index >= 15 is 0 Å². The maximum atomic E-state index is 11.9. The summed E-state index contributed by atoms with van der Waals surface area (Å²) in [5, 5.41) is 11.5. The zero-order valence-electron chi connectivity index (χ0n) is 12.5. The van der Waals surface area contributed by atoms with Crippen LogP contribution in [0, 0.1) is 11.8 Å². The molecule has 7 nitrogen and oxygen atoms in total. The zero-order valence-corrected chi connectivity index (χ0v) is 12.5. The van der Waals surface area contributed by atoms with Crippen molar-refractivity contribution in [1.82, 2.24) is 0 Å². The van der Waals surface area contributed by atoms with Gasteiger partial charge in [0.05, 0.1) is 25.6 Å². The maximum Gasteiger partial charge on any atom is 0.307 e. The highest BCUT2D eigenvalue weighted by Crippen LogP contribution is 2.40. The number of hydrogen-bond donors (Lipinski definition) is 2. The first-order valence-electron chi connectivity index (χ1n) is 6.90. The minimum Gasteiger partial charge on any atom is -0.493 e. The summed E-state index contributed by atoms with van der Waals surface area (Å²) in [5.41, 5.74) is 0.536. The lowest BCUT2D eigenvalue weighted by Crippen LogP contribution is -2.17. The van der Waals surface area contributed by atoms with Gasteiger partial charge in [0.1, 0.15) is 6.61 Å². The van der Waals surface area contributed by atoms with E-state index in [1.165, 1.54) is 7.11 Å². The number of carbonyl (C=O) groups excluding carboxylic acids is 1. The number of methoxy groups -OCH3 is 2. The van der Waals surface area contributed by atoms with Gasteiger partial charge < -0.3 is 24.6 Å². The van der Waals surface area contributed by atoms with Gasteiger partial charge in [0, 0.05) is 18.9 Å². The molecule has 0 aromatic heterocycles. The average Bonchev–Trinajstić information content (AvgIpc) is 3.28. The van der Waals surface area contributed by atoms with Crippen LogP contribution in [-0.4, -0.2) is 44.4 Å². The third-order valence-electron chi connectivity index (χ3n) is 3.42. The summed E-state index contributed by atoms with van der Waals surface area (Å²) in [6.07, 6.45) is 0.383. The van der Waals surface area contributed by atoms with E-state index in [1.807, 2.05) is 0 Å². The van der Waals surface area contributed by atoms with Crippen molar-refractivity contribution in [3.05, 3.63) is 18.2 Å². The van der Waals surface area contributed by atoms with Gasteiger partial charge in [-0.1, -0.05) is 0 Å². The van der Waals surface area contributed by atoms with E-state index in [4.69, 9.17) is 19.3 Å². The summed E-state index contributed by atoms with van der Waals surface area (Å²) in [7, 11) is 3.10. The minimum atomic E-state index is -0.932. The van der Waals surface area contributed by atoms with Crippen molar-refractivity contribution in [2.75, 3.05) is 32.8 Å². The molecule has 120 valence electrons. The SMILES string of the molecule is COCCOc1cc(NC(=O)C2CC2C(=O)O)ccc1OC. The molecule has 1 saturated carbocycles. The first-order valence-corrected chi connectivity index (χ1v) is 6.90. The highest BCUT2D eigenvalue weighted by Gasteiger charge is 2.48. The second kappa shape index (κ2) is 7.13. The fourth-order valence-electron chi connectivity index (χ4n) is 2.09. The molecule has 0 spiro atoms. The second-order valence-electron chi connectivity index (χ2n) is 4.98. The molecule has 1 aliphatic carbocycles. The number of ether oxygens (including phenoxy) is 3. The smallest absolute Gasteiger partial charge is 0.307 e. The second-order valence-corrected chi connectivity index (χ2v) is 4.98. The van der Waals surface area contributed by atoms with E-state index in [9.17, 15) is 9.59 Å². The molecule has 2 N–H and O–H groups in total. The molecule has 1 amide bonds. The van der Waals surface area contributed by atoms with Gasteiger partial charge in [0.2, 0.25) is 5.91 Å². The molecule has 1 aromatic rings. The predicted octanol–water partition coefficient (Wildman–Crippen LogP) is 1.38. The van der Waals surface area contributed by atoms with Crippen LogP contribution in [0.3, 0.4) is 0 Å². The average molecular weight is 309 g/mol. The van der Waals surface area contributed by atoms with Gasteiger partial charge in [0.15, 0.2) is 11.5 Å². The van der Waals surface area contributed by atoms with Crippen LogP contribution in [0.1, 0.15) is 6.42 Å². The summed E-state index contributed by atoms with van der Waals surface area (Å²) in [5.74, 6) is -1.22. The lowest BCUT2D eigenvalue weighted by atomic mass is 10.2. The molecule has 0 saturated heterocycles. The largest absolute Gasteiger partial charge is 0.493 e. The van der Waals surface area contributed by atoms with Crippen molar-refractivity contribution in [3.8, 4) is 11.5 Å². The first kappa shape index (κ1) is 16.1. The summed E-state index contributed by atoms with van der Waals surface area (Å²) >= 11 is 0. The Morgan fingerprint density at radius 1 is 1.23 bits per heavy atom. The first-order chi connectivity index (χ1) is 10.6. The Kier molecular flexibility index (Phi) is 5.21. The molecular formula is C15H19NO6. The van der Waals surface area contributed by atoms with Crippen molar-refractivity contribution in [1.29, 1.82) is 0 Å². The number of hydrogen-bond acceptors (Lipinski definition) is 5. The number of aliphatic carboxylic acids is 1. The van der Waals surface area contributed by atoms with Gasteiger partial charge >= 0.3 is 5.97 Å². The molecular weight excluding hydrogens is 290 g/mol. The summed E-state index contributed by atoms with van der Waals surface area (Å²) < 4.78 is 15.6. The van der Waals surface area contributed by atoms with E-state index in [-0.39, 0.29) is 5.91 Å². The van der Waals surface area contributed by atoms with Crippen molar-refractivity contribution >= 4 is 17.6 Å². The lowest BCUT2D eigenvalue weighted by molar-refractivity contribution is -0.139. The molecule has 2 atom stereocenters. The van der Waals surface area contributed by atoms with Crippen molar-refractivity contribution in [3.63, 3.8) is 0 Å². The Morgan fingerprint density at radius 3 is 2.59 bits per heavy atom. The summed E-state index contributed by atoms with van der Waals surface area (Å²) in [6.45, 7) is 0.788. The van der Waals surface area contributed by atoms with Gasteiger partial charge in [-0.25, -0.2) is 0 Å². The molecule has 1 aliphatic rings. The Morgan fingerprint density at radius 2 is 2.00 bits per heavy atom. The van der Waals surface area contributed by atoms with Crippen LogP contribution >= 0.6 is 0 Å². The number of rotatable bonds is 8. The monoisotopic (exact) mass is 309 g/mol. The molecule has 0 radical (unpaired) electrons. The Bertz CT molecular complexity index is 559. The van der Waals surface area contributed by atoms with E-state index in [1.54, 1.807) is 25.3 Å². The van der Waals surface area contributed by atoms with Gasteiger partial charge in [-0.3, -0.25) is 9.59 Å². The van der Waals surface area contributed by atoms with Crippen molar-refractivity contribution < 1.29 is 28.9 Å². The normalized spacial score (nSPS) is 19.4. The van der Waals surface area contributed by atoms with Gasteiger partial charge in [0.25, 0.3) is 0 Å². The third kappa shape index (κ3) is 3.88. The highest BCUT2D eigenvalue weighted by atomic mass is 16.5. The number of nitrogens with one attached hydrogen (secondary N) is 1. The van der Waals surface area contributed by atoms with Crippen LogP contribution in [0.4, 0.5) is 5.69 Å². The molecule has 0 heterocycles. The topological polar surface area (TPSA) is 94.1 Å². The molecule has 2 rings (SSSR count). The molecule has 22 heavy (non-hydrogen) atoms. The van der Waals surface area contributed by atoms with E-state index < -0.39 is 17.8 Å². The number of carboxylic acid groups (broad SMARTS) is 1. The molecule has 0 aliphatic heterocycles. The highest BCUT2D eigenvalue weighted by molar-refractivity contribution is 5.98. The number of carbonyl (C=O) groups is 2. The number of carboxylic acids is 1. The zero-order chi connectivity index (χ0) is 16.1. The minimum absolute atomic E-state index is 0.291. The number of benzene rings is 1. The molecule has 0 bridgehead atoms. The maximum absolute atomic E-state index is 11.9. The van der Waals surface area contributed by atoms with Crippen molar-refractivity contribution in [2.45, 2.75) is 6.42 Å². The van der Waals surface area contributed by atoms with Crippen LogP contribution in [0.15, 0.2) is 18.2 Å².